The van der Waals surface area contributed by atoms with Crippen molar-refractivity contribution in [2.24, 2.45) is 0 Å². The Balaban J connectivity index is 1.74. The van der Waals surface area contributed by atoms with Gasteiger partial charge in [0.05, 0.1) is 0 Å². The lowest BCUT2D eigenvalue weighted by atomic mass is 9.98. The highest BCUT2D eigenvalue weighted by Gasteiger charge is 2.36. The fourth-order valence-electron chi connectivity index (χ4n) is 3.62. The molecular formula is C22H25NO4S2. The number of carbonyl (C=O) groups is 2. The predicted octanol–water partition coefficient (Wildman–Crippen LogP) is 5.07. The number of thiol groups is 1. The minimum Gasteiger partial charge on any atom is -0.480 e. The zero-order valence-electron chi connectivity index (χ0n) is 16.7. The number of carboxylic acids is 1. The number of nitrogens with zero attached hydrogens (tertiary/aromatic N) is 1. The summed E-state index contributed by atoms with van der Waals surface area (Å²) in [6, 6.07) is 15.4. The molecule has 0 aromatic heterocycles. The molecule has 0 spiro atoms. The smallest absolute Gasteiger partial charge is 0.382 e. The molecule has 1 aliphatic rings. The fourth-order valence-corrected chi connectivity index (χ4v) is 4.90. The highest BCUT2D eigenvalue weighted by atomic mass is 32.2. The van der Waals surface area contributed by atoms with Crippen molar-refractivity contribution in [2.45, 2.75) is 38.3 Å². The molecule has 29 heavy (non-hydrogen) atoms. The Bertz CT molecular complexity index is 864. The van der Waals surface area contributed by atoms with Crippen molar-refractivity contribution < 1.29 is 19.4 Å². The summed E-state index contributed by atoms with van der Waals surface area (Å²) in [5.41, 5.74) is 4.04. The fraction of sp³-hybridized carbons (Fsp3) is 0.364. The Morgan fingerprint density at radius 3 is 2.07 bits per heavy atom. The van der Waals surface area contributed by atoms with E-state index in [0.29, 0.717) is 0 Å². The summed E-state index contributed by atoms with van der Waals surface area (Å²) in [5.74, 6) is -0.958. The number of carbonyl (C=O) groups excluding carboxylic acids is 1. The molecular weight excluding hydrogens is 406 g/mol. The lowest BCUT2D eigenvalue weighted by Crippen LogP contribution is -2.49. The molecule has 2 aromatic rings. The maximum Gasteiger partial charge on any atom is 0.382 e. The average molecular weight is 432 g/mol. The third-order valence-corrected chi connectivity index (χ3v) is 6.52. The van der Waals surface area contributed by atoms with E-state index in [1.807, 2.05) is 45.0 Å². The molecule has 1 atom stereocenters. The summed E-state index contributed by atoms with van der Waals surface area (Å²) in [5, 5.41) is 8.97. The molecule has 154 valence electrons. The second-order valence-corrected chi connectivity index (χ2v) is 9.19. The molecule has 0 aliphatic heterocycles. The van der Waals surface area contributed by atoms with Gasteiger partial charge in [-0.25, -0.2) is 9.10 Å². The highest BCUT2D eigenvalue weighted by Crippen LogP contribution is 2.44. The maximum atomic E-state index is 12.6. The van der Waals surface area contributed by atoms with Gasteiger partial charge >= 0.3 is 11.3 Å². The predicted molar refractivity (Wildman–Crippen MR) is 120 cm³/mol. The van der Waals surface area contributed by atoms with Crippen LogP contribution in [-0.4, -0.2) is 44.6 Å². The van der Waals surface area contributed by atoms with E-state index < -0.39 is 22.9 Å². The van der Waals surface area contributed by atoms with E-state index in [1.165, 1.54) is 0 Å². The van der Waals surface area contributed by atoms with Crippen LogP contribution in [0.3, 0.4) is 0 Å². The van der Waals surface area contributed by atoms with Crippen molar-refractivity contribution in [3.05, 3.63) is 59.7 Å². The molecule has 0 heterocycles. The molecule has 0 saturated carbocycles. The molecule has 3 rings (SSSR count). The standard InChI is InChI=1S/C22H25NO4S2/c1-22(2,3)23(19(13-28)20(24)25)29-21(26)27-12-18-16-10-6-4-8-14(16)15-9-5-7-11-17(15)18/h4-11,18-19,28H,12-13H2,1-3H3,(H,24,25)/t19-/m0/s1. The number of hydrogen-bond donors (Lipinski definition) is 2. The van der Waals surface area contributed by atoms with Crippen molar-refractivity contribution in [3.63, 3.8) is 0 Å². The number of aliphatic carboxylic acids is 1. The van der Waals surface area contributed by atoms with Crippen molar-refractivity contribution in [1.82, 2.24) is 4.31 Å². The number of benzene rings is 2. The van der Waals surface area contributed by atoms with Crippen LogP contribution < -0.4 is 0 Å². The molecule has 0 amide bonds. The topological polar surface area (TPSA) is 66.8 Å². The summed E-state index contributed by atoms with van der Waals surface area (Å²) in [4.78, 5) is 24.2. The number of fused-ring (bicyclic) bond motifs is 3. The number of hydrogen-bond acceptors (Lipinski definition) is 6. The highest BCUT2D eigenvalue weighted by molar-refractivity contribution is 8.11. The van der Waals surface area contributed by atoms with Gasteiger partial charge in [-0.2, -0.15) is 12.6 Å². The first-order valence-electron chi connectivity index (χ1n) is 9.40. The summed E-state index contributed by atoms with van der Waals surface area (Å²) < 4.78 is 7.15. The van der Waals surface area contributed by atoms with Crippen LogP contribution in [0.5, 0.6) is 0 Å². The maximum absolute atomic E-state index is 12.6. The van der Waals surface area contributed by atoms with Gasteiger partial charge < -0.3 is 9.84 Å². The van der Waals surface area contributed by atoms with E-state index in [4.69, 9.17) is 4.74 Å². The summed E-state index contributed by atoms with van der Waals surface area (Å²) >= 11 is 4.95. The molecule has 0 saturated heterocycles. The van der Waals surface area contributed by atoms with Gasteiger partial charge in [-0.15, -0.1) is 0 Å². The van der Waals surface area contributed by atoms with E-state index in [-0.39, 0.29) is 18.3 Å². The van der Waals surface area contributed by atoms with Crippen molar-refractivity contribution in [3.8, 4) is 11.1 Å². The van der Waals surface area contributed by atoms with Gasteiger partial charge in [0.15, 0.2) is 0 Å². The van der Waals surface area contributed by atoms with E-state index in [9.17, 15) is 14.7 Å². The van der Waals surface area contributed by atoms with Crippen LogP contribution in [0, 0.1) is 0 Å². The van der Waals surface area contributed by atoms with Gasteiger partial charge in [0, 0.05) is 29.2 Å². The van der Waals surface area contributed by atoms with E-state index in [1.54, 1.807) is 4.31 Å². The van der Waals surface area contributed by atoms with Crippen LogP contribution in [0.15, 0.2) is 48.5 Å². The minimum atomic E-state index is -1.02. The van der Waals surface area contributed by atoms with Crippen LogP contribution in [-0.2, 0) is 9.53 Å². The van der Waals surface area contributed by atoms with Gasteiger partial charge in [0.25, 0.3) is 0 Å². The zero-order chi connectivity index (χ0) is 21.2. The Kier molecular flexibility index (Phi) is 6.61. The average Bonchev–Trinajstić information content (AvgIpc) is 2.99. The molecule has 0 fully saturated rings. The van der Waals surface area contributed by atoms with Crippen molar-refractivity contribution in [1.29, 1.82) is 0 Å². The van der Waals surface area contributed by atoms with E-state index in [0.717, 1.165) is 34.2 Å². The van der Waals surface area contributed by atoms with Crippen LogP contribution >= 0.6 is 24.6 Å². The molecule has 0 unspecified atom stereocenters. The van der Waals surface area contributed by atoms with Gasteiger partial charge in [-0.1, -0.05) is 48.5 Å². The summed E-state index contributed by atoms with van der Waals surface area (Å²) in [7, 11) is 0. The largest absolute Gasteiger partial charge is 0.480 e. The molecule has 0 radical (unpaired) electrons. The normalized spacial score (nSPS) is 14.4. The lowest BCUT2D eigenvalue weighted by Gasteiger charge is -2.36. The molecule has 1 aliphatic carbocycles. The van der Waals surface area contributed by atoms with Crippen LogP contribution in [0.25, 0.3) is 11.1 Å². The monoisotopic (exact) mass is 431 g/mol. The molecule has 5 nitrogen and oxygen atoms in total. The van der Waals surface area contributed by atoms with Crippen molar-refractivity contribution >= 4 is 35.8 Å². The molecule has 1 N–H and O–H groups in total. The molecule has 7 heteroatoms. The second-order valence-electron chi connectivity index (χ2n) is 7.91. The van der Waals surface area contributed by atoms with Gasteiger partial charge in [0.2, 0.25) is 0 Å². The molecule has 0 bridgehead atoms. The molecule has 2 aromatic carbocycles. The third kappa shape index (κ3) is 4.63. The van der Waals surface area contributed by atoms with E-state index in [2.05, 4.69) is 36.9 Å². The Hall–Kier alpha value is -1.96. The number of rotatable bonds is 6. The first-order valence-corrected chi connectivity index (χ1v) is 10.8. The first kappa shape index (κ1) is 21.7. The van der Waals surface area contributed by atoms with Crippen molar-refractivity contribution in [2.75, 3.05) is 12.4 Å². The van der Waals surface area contributed by atoms with Crippen LogP contribution in [0.1, 0.15) is 37.8 Å². The lowest BCUT2D eigenvalue weighted by molar-refractivity contribution is -0.141. The Morgan fingerprint density at radius 1 is 1.10 bits per heavy atom. The van der Waals surface area contributed by atoms with Crippen LogP contribution in [0.4, 0.5) is 4.79 Å². The SMILES string of the molecule is CC(C)(C)N(SC(=O)OCC1c2ccccc2-c2ccccc21)[C@@H](CS)C(=O)O. The summed E-state index contributed by atoms with van der Waals surface area (Å²) in [6.45, 7) is 5.78. The van der Waals surface area contributed by atoms with E-state index >= 15 is 0 Å². The third-order valence-electron chi connectivity index (χ3n) is 4.91. The number of ether oxygens (including phenoxy) is 1. The summed E-state index contributed by atoms with van der Waals surface area (Å²) in [6.07, 6.45) is 0. The second kappa shape index (κ2) is 8.81. The number of carboxylic acid groups (broad SMARTS) is 1. The van der Waals surface area contributed by atoms with Gasteiger partial charge in [0.1, 0.15) is 12.6 Å². The first-order chi connectivity index (χ1) is 13.7. The quantitative estimate of drug-likeness (QED) is 0.378. The minimum absolute atomic E-state index is 0.0322. The van der Waals surface area contributed by atoms with Crippen LogP contribution in [0.2, 0.25) is 0 Å². The van der Waals surface area contributed by atoms with Gasteiger partial charge in [-0.05, 0) is 43.0 Å². The van der Waals surface area contributed by atoms with Gasteiger partial charge in [-0.3, -0.25) is 4.79 Å². The Labute approximate surface area is 181 Å². The Morgan fingerprint density at radius 2 is 1.62 bits per heavy atom. The zero-order valence-corrected chi connectivity index (χ0v) is 18.4.